The van der Waals surface area contributed by atoms with E-state index in [1.54, 1.807) is 0 Å². The molecule has 0 amide bonds. The summed E-state index contributed by atoms with van der Waals surface area (Å²) < 4.78 is 0. The van der Waals surface area contributed by atoms with E-state index < -0.39 is 7.12 Å². The summed E-state index contributed by atoms with van der Waals surface area (Å²) >= 11 is 11.1. The predicted molar refractivity (Wildman–Crippen MR) is 48.0 cm³/mol. The van der Waals surface area contributed by atoms with Gasteiger partial charge in [0.15, 0.2) is 0 Å². The summed E-state index contributed by atoms with van der Waals surface area (Å²) in [5.41, 5.74) is -0.0123. The molecule has 0 heterocycles. The van der Waals surface area contributed by atoms with Gasteiger partial charge in [0, 0.05) is 10.5 Å². The Hall–Kier alpha value is -0.415. The van der Waals surface area contributed by atoms with E-state index in [1.165, 1.54) is 12.1 Å². The molecule has 0 fully saturated rings. The second kappa shape index (κ2) is 3.54. The van der Waals surface area contributed by atoms with Crippen molar-refractivity contribution >= 4 is 35.8 Å². The third-order valence-corrected chi connectivity index (χ3v) is 1.95. The number of rotatable bonds is 1. The Bertz CT molecular complexity index is 303. The molecule has 6 heteroatoms. The molecule has 0 atom stereocenters. The van der Waals surface area contributed by atoms with Crippen LogP contribution in [0.2, 0.25) is 10.0 Å². The first-order chi connectivity index (χ1) is 5.52. The quantitative estimate of drug-likeness (QED) is 0.583. The first-order valence-electron chi connectivity index (χ1n) is 3.06. The van der Waals surface area contributed by atoms with Crippen LogP contribution in [0.5, 0.6) is 5.75 Å². The molecular weight excluding hydrogens is 202 g/mol. The molecule has 0 aliphatic heterocycles. The molecule has 1 rings (SSSR count). The normalized spacial score (nSPS) is 10.0. The summed E-state index contributed by atoms with van der Waals surface area (Å²) in [4.78, 5) is 0. The molecular formula is C6H5BCl2O3. The molecule has 0 unspecified atom stereocenters. The van der Waals surface area contributed by atoms with Crippen molar-refractivity contribution in [3.05, 3.63) is 22.2 Å². The Morgan fingerprint density at radius 1 is 1.17 bits per heavy atom. The first kappa shape index (κ1) is 9.67. The molecule has 0 aliphatic rings. The van der Waals surface area contributed by atoms with Crippen molar-refractivity contribution in [2.75, 3.05) is 0 Å². The van der Waals surface area contributed by atoms with Crippen molar-refractivity contribution in [1.82, 2.24) is 0 Å². The van der Waals surface area contributed by atoms with E-state index >= 15 is 0 Å². The average Bonchev–Trinajstić information content (AvgIpc) is 1.96. The van der Waals surface area contributed by atoms with Gasteiger partial charge in [-0.2, -0.15) is 0 Å². The fourth-order valence-corrected chi connectivity index (χ4v) is 1.21. The van der Waals surface area contributed by atoms with Gasteiger partial charge < -0.3 is 15.2 Å². The van der Waals surface area contributed by atoms with E-state index in [4.69, 9.17) is 38.4 Å². The van der Waals surface area contributed by atoms with Gasteiger partial charge in [-0.15, -0.1) is 0 Å². The first-order valence-corrected chi connectivity index (χ1v) is 3.82. The fraction of sp³-hybridized carbons (Fsp3) is 0. The van der Waals surface area contributed by atoms with Gasteiger partial charge in [0.2, 0.25) is 0 Å². The van der Waals surface area contributed by atoms with Gasteiger partial charge in [-0.25, -0.2) is 0 Å². The van der Waals surface area contributed by atoms with Crippen LogP contribution in [0.1, 0.15) is 0 Å². The summed E-state index contributed by atoms with van der Waals surface area (Å²) in [5, 5.41) is 26.7. The van der Waals surface area contributed by atoms with E-state index in [9.17, 15) is 0 Å². The fourth-order valence-electron chi connectivity index (χ4n) is 0.783. The maximum Gasteiger partial charge on any atom is 0.490 e. The smallest absolute Gasteiger partial charge is 0.490 e. The van der Waals surface area contributed by atoms with Crippen molar-refractivity contribution in [2.45, 2.75) is 0 Å². The molecule has 0 aliphatic carbocycles. The summed E-state index contributed by atoms with van der Waals surface area (Å²) in [7, 11) is -1.73. The van der Waals surface area contributed by atoms with Gasteiger partial charge in [-0.3, -0.25) is 0 Å². The highest BCUT2D eigenvalue weighted by atomic mass is 35.5. The molecule has 1 aromatic carbocycles. The van der Waals surface area contributed by atoms with Gasteiger partial charge in [-0.1, -0.05) is 23.2 Å². The van der Waals surface area contributed by atoms with Gasteiger partial charge in [-0.05, 0) is 12.1 Å². The number of halogens is 2. The zero-order valence-electron chi connectivity index (χ0n) is 5.83. The topological polar surface area (TPSA) is 60.7 Å². The van der Waals surface area contributed by atoms with Gasteiger partial charge in [0.05, 0.1) is 5.02 Å². The van der Waals surface area contributed by atoms with E-state index in [-0.39, 0.29) is 21.3 Å². The lowest BCUT2D eigenvalue weighted by Gasteiger charge is -2.04. The van der Waals surface area contributed by atoms with Crippen molar-refractivity contribution < 1.29 is 15.2 Å². The maximum absolute atomic E-state index is 9.09. The molecule has 1 aromatic rings. The van der Waals surface area contributed by atoms with Gasteiger partial charge in [0.1, 0.15) is 5.75 Å². The van der Waals surface area contributed by atoms with Crippen LogP contribution < -0.4 is 5.46 Å². The SMILES string of the molecule is OB(O)c1cc(Cl)cc(O)c1Cl. The molecule has 0 saturated carbocycles. The van der Waals surface area contributed by atoms with Gasteiger partial charge in [0.25, 0.3) is 0 Å². The van der Waals surface area contributed by atoms with Crippen LogP contribution in [0.25, 0.3) is 0 Å². The molecule has 0 aromatic heterocycles. The lowest BCUT2D eigenvalue weighted by molar-refractivity contribution is 0.424. The van der Waals surface area contributed by atoms with Crippen LogP contribution in [0.4, 0.5) is 0 Å². The summed E-state index contributed by atoms with van der Waals surface area (Å²) in [6, 6.07) is 2.49. The minimum atomic E-state index is -1.73. The summed E-state index contributed by atoms with van der Waals surface area (Å²) in [6.45, 7) is 0. The lowest BCUT2D eigenvalue weighted by atomic mass is 9.80. The number of benzene rings is 1. The molecule has 3 N–H and O–H groups in total. The number of phenols is 1. The number of phenolic OH excluding ortho intramolecular Hbond substituents is 1. The number of hydrogen-bond donors (Lipinski definition) is 3. The third-order valence-electron chi connectivity index (χ3n) is 1.32. The highest BCUT2D eigenvalue weighted by Crippen LogP contribution is 2.24. The molecule has 0 saturated heterocycles. The molecule has 0 spiro atoms. The highest BCUT2D eigenvalue weighted by molar-refractivity contribution is 6.63. The monoisotopic (exact) mass is 206 g/mol. The van der Waals surface area contributed by atoms with Crippen molar-refractivity contribution in [2.24, 2.45) is 0 Å². The van der Waals surface area contributed by atoms with E-state index in [1.807, 2.05) is 0 Å². The second-order valence-corrected chi connectivity index (χ2v) is 3.02. The maximum atomic E-state index is 9.09. The summed E-state index contributed by atoms with van der Waals surface area (Å²) in [5.74, 6) is -0.271. The zero-order valence-corrected chi connectivity index (χ0v) is 7.34. The number of aromatic hydroxyl groups is 1. The molecule has 0 radical (unpaired) electrons. The standard InChI is InChI=1S/C6H5BCl2O3/c8-3-1-4(7(11)12)6(9)5(10)2-3/h1-2,10-12H. The lowest BCUT2D eigenvalue weighted by Crippen LogP contribution is -2.30. The van der Waals surface area contributed by atoms with Crippen molar-refractivity contribution in [1.29, 1.82) is 0 Å². The van der Waals surface area contributed by atoms with Crippen LogP contribution in [0.15, 0.2) is 12.1 Å². The largest absolute Gasteiger partial charge is 0.506 e. The second-order valence-electron chi connectivity index (χ2n) is 2.20. The average molecular weight is 207 g/mol. The zero-order chi connectivity index (χ0) is 9.30. The Morgan fingerprint density at radius 2 is 1.75 bits per heavy atom. The van der Waals surface area contributed by atoms with Crippen LogP contribution in [-0.2, 0) is 0 Å². The molecule has 3 nitrogen and oxygen atoms in total. The van der Waals surface area contributed by atoms with Crippen LogP contribution in [-0.4, -0.2) is 22.3 Å². The van der Waals surface area contributed by atoms with E-state index in [2.05, 4.69) is 0 Å². The minimum Gasteiger partial charge on any atom is -0.506 e. The third kappa shape index (κ3) is 1.84. The Kier molecular flexibility index (Phi) is 2.85. The van der Waals surface area contributed by atoms with Crippen molar-refractivity contribution in [3.8, 4) is 5.75 Å². The molecule has 64 valence electrons. The van der Waals surface area contributed by atoms with Crippen molar-refractivity contribution in [3.63, 3.8) is 0 Å². The Balaban J connectivity index is 3.28. The minimum absolute atomic E-state index is 0.0123. The summed E-state index contributed by atoms with van der Waals surface area (Å²) in [6.07, 6.45) is 0. The van der Waals surface area contributed by atoms with Gasteiger partial charge >= 0.3 is 7.12 Å². The van der Waals surface area contributed by atoms with Crippen LogP contribution in [0.3, 0.4) is 0 Å². The van der Waals surface area contributed by atoms with E-state index in [0.29, 0.717) is 0 Å². The Morgan fingerprint density at radius 3 is 2.25 bits per heavy atom. The highest BCUT2D eigenvalue weighted by Gasteiger charge is 2.18. The molecule has 12 heavy (non-hydrogen) atoms. The predicted octanol–water partition coefficient (Wildman–Crippen LogP) is 0.379. The Labute approximate surface area is 79.3 Å². The van der Waals surface area contributed by atoms with Crippen LogP contribution >= 0.6 is 23.2 Å². The molecule has 0 bridgehead atoms. The van der Waals surface area contributed by atoms with Crippen LogP contribution in [0, 0.1) is 0 Å². The van der Waals surface area contributed by atoms with E-state index in [0.717, 1.165) is 0 Å². The number of hydrogen-bond acceptors (Lipinski definition) is 3.